The minimum atomic E-state index is -3.88. The van der Waals surface area contributed by atoms with Crippen LogP contribution in [0.15, 0.2) is 57.8 Å². The van der Waals surface area contributed by atoms with Crippen LogP contribution >= 0.6 is 0 Å². The first-order valence-electron chi connectivity index (χ1n) is 9.91. The number of esters is 1. The second-order valence-corrected chi connectivity index (χ2v) is 9.20. The number of rotatable bonds is 6. The summed E-state index contributed by atoms with van der Waals surface area (Å²) >= 11 is 0. The summed E-state index contributed by atoms with van der Waals surface area (Å²) in [6.45, 7) is 3.73. The van der Waals surface area contributed by atoms with Gasteiger partial charge in [0.05, 0.1) is 17.7 Å². The second kappa shape index (κ2) is 8.29. The zero-order valence-electron chi connectivity index (χ0n) is 18.2. The number of hydrogen-bond donors (Lipinski definition) is 1. The minimum absolute atomic E-state index is 0.0665. The Kier molecular flexibility index (Phi) is 5.66. The maximum atomic E-state index is 13.2. The molecule has 7 nitrogen and oxygen atoms in total. The summed E-state index contributed by atoms with van der Waals surface area (Å²) in [6.07, 6.45) is 0. The number of ether oxygens (including phenoxy) is 2. The molecule has 0 fully saturated rings. The number of sulfonamides is 1. The van der Waals surface area contributed by atoms with Gasteiger partial charge in [-0.2, -0.15) is 0 Å². The lowest BCUT2D eigenvalue weighted by atomic mass is 10.0. The van der Waals surface area contributed by atoms with Crippen LogP contribution in [0.2, 0.25) is 0 Å². The van der Waals surface area contributed by atoms with E-state index in [1.807, 2.05) is 31.2 Å². The van der Waals surface area contributed by atoms with Gasteiger partial charge in [0.25, 0.3) is 10.0 Å². The minimum Gasteiger partial charge on any atom is -0.465 e. The Balaban J connectivity index is 1.97. The van der Waals surface area contributed by atoms with Gasteiger partial charge in [-0.25, -0.2) is 13.2 Å². The van der Waals surface area contributed by atoms with E-state index >= 15 is 0 Å². The maximum Gasteiger partial charge on any atom is 0.342 e. The Bertz CT molecular complexity index is 1450. The SMILES string of the molecule is COCc1oc2c(cc(NS(=O)(=O)c3ccc(C)cc3C)c3ccccc32)c1C(=O)OC. The van der Waals surface area contributed by atoms with E-state index in [1.165, 1.54) is 14.2 Å². The van der Waals surface area contributed by atoms with Crippen molar-refractivity contribution in [3.8, 4) is 0 Å². The van der Waals surface area contributed by atoms with Crippen molar-refractivity contribution < 1.29 is 27.1 Å². The van der Waals surface area contributed by atoms with Gasteiger partial charge in [-0.3, -0.25) is 4.72 Å². The maximum absolute atomic E-state index is 13.2. The van der Waals surface area contributed by atoms with E-state index in [1.54, 1.807) is 31.2 Å². The van der Waals surface area contributed by atoms with Gasteiger partial charge in [0.15, 0.2) is 0 Å². The molecule has 4 aromatic rings. The monoisotopic (exact) mass is 453 g/mol. The Morgan fingerprint density at radius 3 is 2.38 bits per heavy atom. The number of furan rings is 1. The number of benzene rings is 3. The van der Waals surface area contributed by atoms with Crippen LogP contribution in [0.4, 0.5) is 5.69 Å². The van der Waals surface area contributed by atoms with Crippen LogP contribution in [0.1, 0.15) is 27.2 Å². The summed E-state index contributed by atoms with van der Waals surface area (Å²) in [4.78, 5) is 12.7. The molecule has 1 N–H and O–H groups in total. The molecule has 0 radical (unpaired) electrons. The average molecular weight is 454 g/mol. The van der Waals surface area contributed by atoms with Gasteiger partial charge >= 0.3 is 5.97 Å². The van der Waals surface area contributed by atoms with Crippen LogP contribution in [-0.2, 0) is 26.1 Å². The summed E-state index contributed by atoms with van der Waals surface area (Å²) in [5.41, 5.74) is 2.62. The van der Waals surface area contributed by atoms with Crippen molar-refractivity contribution in [1.82, 2.24) is 0 Å². The molecule has 8 heteroatoms. The highest BCUT2D eigenvalue weighted by Gasteiger charge is 2.25. The van der Waals surface area contributed by atoms with Gasteiger partial charge in [-0.15, -0.1) is 0 Å². The fraction of sp³-hybridized carbons (Fsp3) is 0.208. The van der Waals surface area contributed by atoms with E-state index in [9.17, 15) is 13.2 Å². The summed E-state index contributed by atoms with van der Waals surface area (Å²) in [7, 11) is -1.11. The third-order valence-electron chi connectivity index (χ3n) is 5.30. The molecule has 1 heterocycles. The molecule has 3 aromatic carbocycles. The van der Waals surface area contributed by atoms with Gasteiger partial charge in [0, 0.05) is 23.3 Å². The first kappa shape index (κ1) is 21.9. The molecule has 1 aromatic heterocycles. The molecule has 0 saturated carbocycles. The molecule has 0 amide bonds. The number of nitrogens with one attached hydrogen (secondary N) is 1. The zero-order chi connectivity index (χ0) is 23.0. The van der Waals surface area contributed by atoms with Gasteiger partial charge in [0.2, 0.25) is 0 Å². The van der Waals surface area contributed by atoms with E-state index in [4.69, 9.17) is 13.9 Å². The number of carbonyl (C=O) groups is 1. The highest BCUT2D eigenvalue weighted by atomic mass is 32.2. The lowest BCUT2D eigenvalue weighted by molar-refractivity contribution is 0.0594. The largest absolute Gasteiger partial charge is 0.465 e. The van der Waals surface area contributed by atoms with Crippen molar-refractivity contribution in [2.75, 3.05) is 18.9 Å². The summed E-state index contributed by atoms with van der Waals surface area (Å²) in [6, 6.07) is 14.0. The van der Waals surface area contributed by atoms with Gasteiger partial charge in [-0.1, -0.05) is 42.0 Å². The molecule has 32 heavy (non-hydrogen) atoms. The molecule has 0 aliphatic rings. The van der Waals surface area contributed by atoms with Crippen molar-refractivity contribution >= 4 is 43.4 Å². The predicted octanol–water partition coefficient (Wildman–Crippen LogP) is 4.94. The molecule has 4 rings (SSSR count). The highest BCUT2D eigenvalue weighted by molar-refractivity contribution is 7.92. The third kappa shape index (κ3) is 3.72. The smallest absolute Gasteiger partial charge is 0.342 e. The Hall–Kier alpha value is -3.36. The fourth-order valence-corrected chi connectivity index (χ4v) is 5.21. The molecule has 0 aliphatic heterocycles. The number of methoxy groups -OCH3 is 2. The molecule has 0 saturated heterocycles. The Morgan fingerprint density at radius 2 is 1.72 bits per heavy atom. The standard InChI is InChI=1S/C24H23NO6S/c1-14-9-10-21(15(2)11-14)32(27,28)25-19-12-18-22(24(26)30-4)20(13-29-3)31-23(18)17-8-6-5-7-16(17)19/h5-12,25H,13H2,1-4H3. The quantitative estimate of drug-likeness (QED) is 0.416. The van der Waals surface area contributed by atoms with Crippen molar-refractivity contribution in [3.05, 3.63) is 71.0 Å². The van der Waals surface area contributed by atoms with E-state index < -0.39 is 16.0 Å². The van der Waals surface area contributed by atoms with Gasteiger partial charge in [-0.05, 0) is 31.5 Å². The number of fused-ring (bicyclic) bond motifs is 3. The number of anilines is 1. The van der Waals surface area contributed by atoms with E-state index in [0.717, 1.165) is 5.56 Å². The average Bonchev–Trinajstić information content (AvgIpc) is 3.11. The molecule has 0 bridgehead atoms. The van der Waals surface area contributed by atoms with Gasteiger partial charge in [0.1, 0.15) is 23.5 Å². The first-order chi connectivity index (χ1) is 15.3. The topological polar surface area (TPSA) is 94.8 Å². The van der Waals surface area contributed by atoms with Gasteiger partial charge < -0.3 is 13.9 Å². The van der Waals surface area contributed by atoms with Crippen LogP contribution in [-0.4, -0.2) is 28.6 Å². The molecule has 0 unspecified atom stereocenters. The van der Waals surface area contributed by atoms with Crippen molar-refractivity contribution in [1.29, 1.82) is 0 Å². The van der Waals surface area contributed by atoms with E-state index in [0.29, 0.717) is 38.8 Å². The molecule has 0 spiro atoms. The van der Waals surface area contributed by atoms with Crippen LogP contribution < -0.4 is 4.72 Å². The lowest BCUT2D eigenvalue weighted by Crippen LogP contribution is -2.14. The summed E-state index contributed by atoms with van der Waals surface area (Å²) < 4.78 is 45.3. The number of aryl methyl sites for hydroxylation is 2. The number of carbonyl (C=O) groups excluding carboxylic acids is 1. The molecular formula is C24H23NO6S. The summed E-state index contributed by atoms with van der Waals surface area (Å²) in [5, 5.41) is 1.75. The predicted molar refractivity (Wildman–Crippen MR) is 122 cm³/mol. The Morgan fingerprint density at radius 1 is 1.00 bits per heavy atom. The van der Waals surface area contributed by atoms with E-state index in [2.05, 4.69) is 4.72 Å². The zero-order valence-corrected chi connectivity index (χ0v) is 19.0. The van der Waals surface area contributed by atoms with Crippen molar-refractivity contribution in [2.45, 2.75) is 25.3 Å². The normalized spacial score (nSPS) is 11.8. The first-order valence-corrected chi connectivity index (χ1v) is 11.4. The van der Waals surface area contributed by atoms with Crippen LogP contribution in [0.5, 0.6) is 0 Å². The lowest BCUT2D eigenvalue weighted by Gasteiger charge is -2.13. The van der Waals surface area contributed by atoms with Crippen molar-refractivity contribution in [3.63, 3.8) is 0 Å². The third-order valence-corrected chi connectivity index (χ3v) is 6.82. The van der Waals surface area contributed by atoms with Crippen molar-refractivity contribution in [2.24, 2.45) is 0 Å². The highest BCUT2D eigenvalue weighted by Crippen LogP contribution is 2.38. The van der Waals surface area contributed by atoms with Crippen LogP contribution in [0.25, 0.3) is 21.7 Å². The van der Waals surface area contributed by atoms with E-state index in [-0.39, 0.29) is 17.1 Å². The molecule has 166 valence electrons. The summed E-state index contributed by atoms with van der Waals surface area (Å²) in [5.74, 6) is -0.275. The molecular weight excluding hydrogens is 430 g/mol. The second-order valence-electron chi connectivity index (χ2n) is 7.55. The Labute approximate surface area is 186 Å². The molecule has 0 aliphatic carbocycles. The fourth-order valence-electron chi connectivity index (χ4n) is 3.91. The molecule has 0 atom stereocenters. The van der Waals surface area contributed by atoms with Crippen LogP contribution in [0.3, 0.4) is 0 Å². The van der Waals surface area contributed by atoms with Crippen LogP contribution in [0, 0.1) is 13.8 Å². The number of hydrogen-bond acceptors (Lipinski definition) is 6.